The Morgan fingerprint density at radius 2 is 1.81 bits per heavy atom. The number of hydrogen-bond acceptors (Lipinski definition) is 1. The number of hydrogen-bond donors (Lipinski definition) is 1. The third-order valence-corrected chi connectivity index (χ3v) is 3.79. The molecule has 1 aliphatic carbocycles. The number of carboxylic acids is 1. The van der Waals surface area contributed by atoms with E-state index in [9.17, 15) is 4.79 Å². The molecule has 0 aliphatic heterocycles. The van der Waals surface area contributed by atoms with Crippen LogP contribution in [0.25, 0.3) is 0 Å². The van der Waals surface area contributed by atoms with Crippen molar-refractivity contribution >= 4 is 5.97 Å². The molecule has 1 atom stereocenters. The highest BCUT2D eigenvalue weighted by atomic mass is 16.4. The number of aromatic carboxylic acids is 1. The van der Waals surface area contributed by atoms with Crippen molar-refractivity contribution < 1.29 is 9.90 Å². The molecule has 0 aromatic heterocycles. The van der Waals surface area contributed by atoms with E-state index in [0.29, 0.717) is 11.5 Å². The fourth-order valence-corrected chi connectivity index (χ4v) is 2.66. The van der Waals surface area contributed by atoms with Gasteiger partial charge in [0, 0.05) is 0 Å². The fraction of sp³-hybridized carbons (Fsp3) is 0.500. The van der Waals surface area contributed by atoms with Crippen molar-refractivity contribution in [1.29, 1.82) is 0 Å². The molecule has 2 nitrogen and oxygen atoms in total. The van der Waals surface area contributed by atoms with Gasteiger partial charge in [-0.3, -0.25) is 0 Å². The van der Waals surface area contributed by atoms with Crippen molar-refractivity contribution in [1.82, 2.24) is 0 Å². The Morgan fingerprint density at radius 3 is 2.31 bits per heavy atom. The number of carboxylic acid groups (broad SMARTS) is 1. The van der Waals surface area contributed by atoms with Crippen LogP contribution in [-0.4, -0.2) is 11.1 Å². The van der Waals surface area contributed by atoms with E-state index in [4.69, 9.17) is 5.11 Å². The molecular weight excluding hydrogens is 200 g/mol. The highest BCUT2D eigenvalue weighted by Crippen LogP contribution is 2.36. The maximum atomic E-state index is 10.7. The van der Waals surface area contributed by atoms with Gasteiger partial charge in [-0.1, -0.05) is 31.9 Å². The third-order valence-electron chi connectivity index (χ3n) is 3.79. The molecule has 0 saturated heterocycles. The molecule has 0 heterocycles. The van der Waals surface area contributed by atoms with E-state index in [1.165, 1.54) is 31.2 Å². The molecule has 16 heavy (non-hydrogen) atoms. The van der Waals surface area contributed by atoms with Crippen molar-refractivity contribution in [3.05, 3.63) is 35.4 Å². The lowest BCUT2D eigenvalue weighted by Gasteiger charge is -2.19. The molecular formula is C14H18O2. The molecule has 2 heteroatoms. The van der Waals surface area contributed by atoms with Crippen LogP contribution in [0.5, 0.6) is 0 Å². The molecule has 2 rings (SSSR count). The maximum Gasteiger partial charge on any atom is 0.335 e. The van der Waals surface area contributed by atoms with E-state index in [1.807, 2.05) is 12.1 Å². The second kappa shape index (κ2) is 4.69. The molecule has 86 valence electrons. The molecule has 1 N–H and O–H groups in total. The Labute approximate surface area is 96.3 Å². The van der Waals surface area contributed by atoms with Crippen LogP contribution in [0.2, 0.25) is 0 Å². The summed E-state index contributed by atoms with van der Waals surface area (Å²) in [5.74, 6) is 0.501. The van der Waals surface area contributed by atoms with Crippen molar-refractivity contribution in [3.63, 3.8) is 0 Å². The van der Waals surface area contributed by atoms with E-state index in [1.54, 1.807) is 12.1 Å². The van der Waals surface area contributed by atoms with Crippen LogP contribution >= 0.6 is 0 Å². The lowest BCUT2D eigenvalue weighted by Crippen LogP contribution is -2.06. The van der Waals surface area contributed by atoms with Crippen molar-refractivity contribution in [2.75, 3.05) is 0 Å². The standard InChI is InChI=1S/C14H18O2/c1-10(11-4-2-3-5-11)12-6-8-13(9-7-12)14(15)16/h6-11H,2-5H2,1H3,(H,15,16). The molecule has 0 spiro atoms. The van der Waals surface area contributed by atoms with Gasteiger partial charge in [-0.25, -0.2) is 4.79 Å². The number of carbonyl (C=O) groups is 1. The largest absolute Gasteiger partial charge is 0.478 e. The topological polar surface area (TPSA) is 37.3 Å². The first kappa shape index (κ1) is 11.2. The van der Waals surface area contributed by atoms with Crippen LogP contribution in [0.4, 0.5) is 0 Å². The lowest BCUT2D eigenvalue weighted by atomic mass is 9.86. The predicted molar refractivity (Wildman–Crippen MR) is 63.8 cm³/mol. The van der Waals surface area contributed by atoms with E-state index in [0.717, 1.165) is 5.92 Å². The molecule has 0 amide bonds. The summed E-state index contributed by atoms with van der Waals surface area (Å²) < 4.78 is 0. The van der Waals surface area contributed by atoms with Crippen LogP contribution in [0.1, 0.15) is 54.4 Å². The number of rotatable bonds is 3. The van der Waals surface area contributed by atoms with Gasteiger partial charge in [-0.15, -0.1) is 0 Å². The van der Waals surface area contributed by atoms with Gasteiger partial charge in [0.1, 0.15) is 0 Å². The summed E-state index contributed by atoms with van der Waals surface area (Å²) in [5.41, 5.74) is 1.65. The Kier molecular flexibility index (Phi) is 3.28. The van der Waals surface area contributed by atoms with Crippen molar-refractivity contribution in [3.8, 4) is 0 Å². The molecule has 1 aliphatic rings. The SMILES string of the molecule is CC(c1ccc(C(=O)O)cc1)C1CCCC1. The summed E-state index contributed by atoms with van der Waals surface area (Å²) in [6, 6.07) is 7.35. The second-order valence-electron chi connectivity index (χ2n) is 4.76. The van der Waals surface area contributed by atoms with Gasteiger partial charge in [-0.05, 0) is 42.4 Å². The van der Waals surface area contributed by atoms with Gasteiger partial charge < -0.3 is 5.11 Å². The van der Waals surface area contributed by atoms with Gasteiger partial charge in [-0.2, -0.15) is 0 Å². The highest BCUT2D eigenvalue weighted by Gasteiger charge is 2.22. The summed E-state index contributed by atoms with van der Waals surface area (Å²) in [5, 5.41) is 8.83. The zero-order chi connectivity index (χ0) is 11.5. The van der Waals surface area contributed by atoms with Gasteiger partial charge in [0.25, 0.3) is 0 Å². The van der Waals surface area contributed by atoms with E-state index < -0.39 is 5.97 Å². The van der Waals surface area contributed by atoms with Crippen molar-refractivity contribution in [2.24, 2.45) is 5.92 Å². The summed E-state index contributed by atoms with van der Waals surface area (Å²) in [7, 11) is 0. The van der Waals surface area contributed by atoms with Gasteiger partial charge in [0.05, 0.1) is 5.56 Å². The minimum Gasteiger partial charge on any atom is -0.478 e. The second-order valence-corrected chi connectivity index (χ2v) is 4.76. The predicted octanol–water partition coefficient (Wildman–Crippen LogP) is 3.68. The first-order valence-corrected chi connectivity index (χ1v) is 6.01. The van der Waals surface area contributed by atoms with Gasteiger partial charge >= 0.3 is 5.97 Å². The fourth-order valence-electron chi connectivity index (χ4n) is 2.66. The third kappa shape index (κ3) is 2.26. The molecule has 1 unspecified atom stereocenters. The van der Waals surface area contributed by atoms with E-state index >= 15 is 0 Å². The van der Waals surface area contributed by atoms with E-state index in [2.05, 4.69) is 6.92 Å². The Morgan fingerprint density at radius 1 is 1.25 bits per heavy atom. The molecule has 1 fully saturated rings. The Bertz CT molecular complexity index is 361. The van der Waals surface area contributed by atoms with E-state index in [-0.39, 0.29) is 0 Å². The molecule has 0 bridgehead atoms. The van der Waals surface area contributed by atoms with Gasteiger partial charge in [0.2, 0.25) is 0 Å². The molecule has 1 aromatic carbocycles. The normalized spacial score (nSPS) is 18.6. The average Bonchev–Trinajstić information content (AvgIpc) is 2.81. The van der Waals surface area contributed by atoms with Gasteiger partial charge in [0.15, 0.2) is 0 Å². The van der Waals surface area contributed by atoms with Crippen LogP contribution in [0.15, 0.2) is 24.3 Å². The summed E-state index contributed by atoms with van der Waals surface area (Å²) in [6.07, 6.45) is 5.34. The highest BCUT2D eigenvalue weighted by molar-refractivity contribution is 5.87. The quantitative estimate of drug-likeness (QED) is 0.840. The zero-order valence-corrected chi connectivity index (χ0v) is 9.65. The molecule has 0 radical (unpaired) electrons. The van der Waals surface area contributed by atoms with Crippen LogP contribution in [-0.2, 0) is 0 Å². The summed E-state index contributed by atoms with van der Waals surface area (Å²) >= 11 is 0. The molecule has 1 aromatic rings. The Hall–Kier alpha value is -1.31. The van der Waals surface area contributed by atoms with Crippen molar-refractivity contribution in [2.45, 2.75) is 38.5 Å². The monoisotopic (exact) mass is 218 g/mol. The Balaban J connectivity index is 2.11. The molecule has 1 saturated carbocycles. The first-order chi connectivity index (χ1) is 7.68. The summed E-state index contributed by atoms with van der Waals surface area (Å²) in [6.45, 7) is 2.26. The van der Waals surface area contributed by atoms with Crippen LogP contribution in [0.3, 0.4) is 0 Å². The minimum atomic E-state index is -0.847. The van der Waals surface area contributed by atoms with Crippen LogP contribution in [0, 0.1) is 5.92 Å². The maximum absolute atomic E-state index is 10.7. The first-order valence-electron chi connectivity index (χ1n) is 6.01. The minimum absolute atomic E-state index is 0.377. The summed E-state index contributed by atoms with van der Waals surface area (Å²) in [4.78, 5) is 10.7. The average molecular weight is 218 g/mol. The smallest absolute Gasteiger partial charge is 0.335 e. The number of benzene rings is 1. The zero-order valence-electron chi connectivity index (χ0n) is 9.65. The lowest BCUT2D eigenvalue weighted by molar-refractivity contribution is 0.0697. The van der Waals surface area contributed by atoms with Crippen LogP contribution < -0.4 is 0 Å².